The summed E-state index contributed by atoms with van der Waals surface area (Å²) in [6, 6.07) is 10.8. The number of carbonyl (C=O) groups excluding carboxylic acids is 1. The number of anilines is 1. The van der Waals surface area contributed by atoms with E-state index in [0.717, 1.165) is 16.1 Å². The Balaban J connectivity index is 1.68. The highest BCUT2D eigenvalue weighted by atomic mass is 32.1. The highest BCUT2D eigenvalue weighted by Crippen LogP contribution is 2.21. The molecule has 7 heteroatoms. The summed E-state index contributed by atoms with van der Waals surface area (Å²) < 4.78 is 5.51. The second kappa shape index (κ2) is 7.31. The van der Waals surface area contributed by atoms with Crippen molar-refractivity contribution in [2.24, 2.45) is 0 Å². The normalized spacial score (nSPS) is 10.5. The van der Waals surface area contributed by atoms with Crippen molar-refractivity contribution in [1.82, 2.24) is 9.97 Å². The van der Waals surface area contributed by atoms with Crippen LogP contribution in [0.3, 0.4) is 0 Å². The first-order valence-electron chi connectivity index (χ1n) is 7.68. The molecule has 0 aliphatic carbocycles. The predicted molar refractivity (Wildman–Crippen MR) is 97.4 cm³/mol. The minimum Gasteiger partial charge on any atom is -0.483 e. The molecule has 0 unspecified atom stereocenters. The first-order chi connectivity index (χ1) is 12.0. The summed E-state index contributed by atoms with van der Waals surface area (Å²) in [5, 5.41) is 3.19. The zero-order valence-electron chi connectivity index (χ0n) is 13.8. The standard InChI is InChI=1S/C18H17N3O3S/c1-11-12(2)25-18(20-11)21-17(23)14-8-15(22)16(9-19-14)24-10-13-6-4-3-5-7-13/h3-9H,10H2,1-2H3,(H,19,22)(H,20,21,23). The molecule has 0 aliphatic heterocycles. The number of benzene rings is 1. The summed E-state index contributed by atoms with van der Waals surface area (Å²) in [4.78, 5) is 32.4. The van der Waals surface area contributed by atoms with Crippen LogP contribution in [0, 0.1) is 13.8 Å². The van der Waals surface area contributed by atoms with E-state index in [1.165, 1.54) is 23.6 Å². The van der Waals surface area contributed by atoms with Gasteiger partial charge in [0.25, 0.3) is 5.91 Å². The number of H-pyrrole nitrogens is 1. The van der Waals surface area contributed by atoms with Gasteiger partial charge in [-0.3, -0.25) is 14.9 Å². The number of pyridine rings is 1. The molecule has 1 amide bonds. The van der Waals surface area contributed by atoms with Crippen molar-refractivity contribution in [2.45, 2.75) is 20.5 Å². The zero-order valence-corrected chi connectivity index (χ0v) is 14.6. The molecule has 0 saturated carbocycles. The number of aromatic amines is 1. The molecule has 0 fully saturated rings. The molecule has 6 nitrogen and oxygen atoms in total. The molecule has 2 heterocycles. The number of rotatable bonds is 5. The topological polar surface area (TPSA) is 84.1 Å². The third-order valence-electron chi connectivity index (χ3n) is 3.61. The van der Waals surface area contributed by atoms with Crippen LogP contribution in [0.2, 0.25) is 0 Å². The molecule has 3 rings (SSSR count). The SMILES string of the molecule is Cc1nc(NC(=O)c2cc(=O)c(OCc3ccccc3)c[nH]2)sc1C. The van der Waals surface area contributed by atoms with Crippen LogP contribution in [0.25, 0.3) is 0 Å². The quantitative estimate of drug-likeness (QED) is 0.736. The van der Waals surface area contributed by atoms with E-state index in [1.807, 2.05) is 44.2 Å². The molecule has 0 radical (unpaired) electrons. The molecule has 2 N–H and O–H groups in total. The number of amides is 1. The average molecular weight is 355 g/mol. The summed E-state index contributed by atoms with van der Waals surface area (Å²) >= 11 is 1.39. The van der Waals surface area contributed by atoms with Gasteiger partial charge in [0.05, 0.1) is 5.69 Å². The third kappa shape index (κ3) is 4.13. The molecule has 2 aromatic heterocycles. The number of nitrogens with one attached hydrogen (secondary N) is 2. The summed E-state index contributed by atoms with van der Waals surface area (Å²) in [5.41, 5.74) is 1.63. The highest BCUT2D eigenvalue weighted by molar-refractivity contribution is 7.15. The fourth-order valence-electron chi connectivity index (χ4n) is 2.13. The van der Waals surface area contributed by atoms with Crippen LogP contribution >= 0.6 is 11.3 Å². The van der Waals surface area contributed by atoms with Crippen molar-refractivity contribution in [3.8, 4) is 5.75 Å². The van der Waals surface area contributed by atoms with Crippen molar-refractivity contribution in [1.29, 1.82) is 0 Å². The second-order valence-corrected chi connectivity index (χ2v) is 6.67. The van der Waals surface area contributed by atoms with Gasteiger partial charge in [0.1, 0.15) is 12.3 Å². The molecule has 25 heavy (non-hydrogen) atoms. The Morgan fingerprint density at radius 2 is 2.04 bits per heavy atom. The zero-order chi connectivity index (χ0) is 17.8. The average Bonchev–Trinajstić information content (AvgIpc) is 2.92. The molecule has 128 valence electrons. The lowest BCUT2D eigenvalue weighted by Gasteiger charge is -2.07. The molecular weight excluding hydrogens is 338 g/mol. The number of carbonyl (C=O) groups is 1. The Kier molecular flexibility index (Phi) is 4.95. The van der Waals surface area contributed by atoms with Gasteiger partial charge < -0.3 is 9.72 Å². The molecule has 0 aliphatic rings. The van der Waals surface area contributed by atoms with Gasteiger partial charge in [-0.25, -0.2) is 4.98 Å². The van der Waals surface area contributed by atoms with E-state index in [-0.39, 0.29) is 23.5 Å². The van der Waals surface area contributed by atoms with E-state index in [1.54, 1.807) is 0 Å². The fraction of sp³-hybridized carbons (Fsp3) is 0.167. The van der Waals surface area contributed by atoms with Crippen LogP contribution in [-0.4, -0.2) is 15.9 Å². The van der Waals surface area contributed by atoms with Gasteiger partial charge in [-0.2, -0.15) is 0 Å². The lowest BCUT2D eigenvalue weighted by Crippen LogP contribution is -2.17. The molecule has 0 bridgehead atoms. The maximum absolute atomic E-state index is 12.2. The van der Waals surface area contributed by atoms with Crippen molar-refractivity contribution < 1.29 is 9.53 Å². The van der Waals surface area contributed by atoms with E-state index >= 15 is 0 Å². The van der Waals surface area contributed by atoms with Gasteiger partial charge >= 0.3 is 0 Å². The molecular formula is C18H17N3O3S. The first kappa shape index (κ1) is 16.9. The van der Waals surface area contributed by atoms with Crippen LogP contribution < -0.4 is 15.5 Å². The predicted octanol–water partition coefficient (Wildman–Crippen LogP) is 3.28. The number of hydrogen-bond acceptors (Lipinski definition) is 5. The number of aromatic nitrogens is 2. The molecule has 3 aromatic rings. The molecule has 0 spiro atoms. The summed E-state index contributed by atoms with van der Waals surface area (Å²) in [7, 11) is 0. The minimum absolute atomic E-state index is 0.155. The van der Waals surface area contributed by atoms with Gasteiger partial charge in [-0.1, -0.05) is 30.3 Å². The Labute approximate surface area is 148 Å². The van der Waals surface area contributed by atoms with Crippen molar-refractivity contribution in [3.05, 3.63) is 74.6 Å². The van der Waals surface area contributed by atoms with Crippen molar-refractivity contribution in [2.75, 3.05) is 5.32 Å². The van der Waals surface area contributed by atoms with Gasteiger partial charge in [-0.05, 0) is 19.4 Å². The van der Waals surface area contributed by atoms with E-state index in [2.05, 4.69) is 15.3 Å². The van der Waals surface area contributed by atoms with Gasteiger partial charge in [0.2, 0.25) is 5.43 Å². The molecule has 0 atom stereocenters. The number of aryl methyl sites for hydroxylation is 2. The van der Waals surface area contributed by atoms with E-state index in [0.29, 0.717) is 5.13 Å². The Bertz CT molecular complexity index is 928. The lowest BCUT2D eigenvalue weighted by molar-refractivity contribution is 0.102. The summed E-state index contributed by atoms with van der Waals surface area (Å²) in [5.74, 6) is -0.248. The second-order valence-electron chi connectivity index (χ2n) is 5.46. The Hall–Kier alpha value is -2.93. The molecule has 0 saturated heterocycles. The van der Waals surface area contributed by atoms with E-state index < -0.39 is 5.91 Å². The number of ether oxygens (including phenoxy) is 1. The maximum Gasteiger partial charge on any atom is 0.273 e. The monoisotopic (exact) mass is 355 g/mol. The van der Waals surface area contributed by atoms with Crippen LogP contribution in [0.1, 0.15) is 26.6 Å². The Morgan fingerprint density at radius 1 is 1.28 bits per heavy atom. The number of hydrogen-bond donors (Lipinski definition) is 2. The van der Waals surface area contributed by atoms with E-state index in [9.17, 15) is 9.59 Å². The fourth-order valence-corrected chi connectivity index (χ4v) is 2.94. The van der Waals surface area contributed by atoms with Gasteiger partial charge in [0.15, 0.2) is 10.9 Å². The first-order valence-corrected chi connectivity index (χ1v) is 8.49. The largest absolute Gasteiger partial charge is 0.483 e. The minimum atomic E-state index is -0.416. The van der Waals surface area contributed by atoms with Crippen LogP contribution in [-0.2, 0) is 6.61 Å². The van der Waals surface area contributed by atoms with Crippen LogP contribution in [0.15, 0.2) is 47.4 Å². The number of nitrogens with zero attached hydrogens (tertiary/aromatic N) is 1. The summed E-state index contributed by atoms with van der Waals surface area (Å²) in [6.45, 7) is 4.10. The highest BCUT2D eigenvalue weighted by Gasteiger charge is 2.12. The van der Waals surface area contributed by atoms with Crippen molar-refractivity contribution in [3.63, 3.8) is 0 Å². The molecule has 1 aromatic carbocycles. The summed E-state index contributed by atoms with van der Waals surface area (Å²) in [6.07, 6.45) is 1.40. The number of thiazole rings is 1. The van der Waals surface area contributed by atoms with Gasteiger partial charge in [0, 0.05) is 17.1 Å². The maximum atomic E-state index is 12.2. The van der Waals surface area contributed by atoms with Crippen LogP contribution in [0.5, 0.6) is 5.75 Å². The Morgan fingerprint density at radius 3 is 2.68 bits per heavy atom. The smallest absolute Gasteiger partial charge is 0.273 e. The third-order valence-corrected chi connectivity index (χ3v) is 4.60. The van der Waals surface area contributed by atoms with E-state index in [4.69, 9.17) is 4.74 Å². The van der Waals surface area contributed by atoms with Crippen LogP contribution in [0.4, 0.5) is 5.13 Å². The lowest BCUT2D eigenvalue weighted by atomic mass is 10.2. The van der Waals surface area contributed by atoms with Gasteiger partial charge in [-0.15, -0.1) is 11.3 Å². The van der Waals surface area contributed by atoms with Crippen molar-refractivity contribution >= 4 is 22.4 Å².